The first-order chi connectivity index (χ1) is 18.0. The molecule has 0 aromatic heterocycles. The highest BCUT2D eigenvalue weighted by Gasteiger charge is 2.31. The second kappa shape index (κ2) is 11.2. The number of benzene rings is 2. The summed E-state index contributed by atoms with van der Waals surface area (Å²) >= 11 is 0. The molecular formula is C28H31FN4O5. The second-order valence-electron chi connectivity index (χ2n) is 10.4. The van der Waals surface area contributed by atoms with Crippen molar-refractivity contribution in [1.82, 2.24) is 15.5 Å². The summed E-state index contributed by atoms with van der Waals surface area (Å²) in [6.45, 7) is 6.40. The van der Waals surface area contributed by atoms with Crippen molar-refractivity contribution in [2.45, 2.75) is 57.9 Å². The van der Waals surface area contributed by atoms with Crippen LogP contribution in [0.1, 0.15) is 48.7 Å². The van der Waals surface area contributed by atoms with Crippen molar-refractivity contribution in [2.24, 2.45) is 0 Å². The van der Waals surface area contributed by atoms with Crippen molar-refractivity contribution in [2.75, 3.05) is 19.7 Å². The van der Waals surface area contributed by atoms with Crippen LogP contribution in [0.5, 0.6) is 0 Å². The maximum Gasteiger partial charge on any atom is 0.410 e. The Morgan fingerprint density at radius 3 is 2.71 bits per heavy atom. The molecule has 2 atom stereocenters. The molecule has 2 aliphatic rings. The van der Waals surface area contributed by atoms with E-state index in [1.807, 2.05) is 18.2 Å². The highest BCUT2D eigenvalue weighted by atomic mass is 19.1. The molecule has 38 heavy (non-hydrogen) atoms. The van der Waals surface area contributed by atoms with Crippen LogP contribution in [-0.4, -0.2) is 60.3 Å². The van der Waals surface area contributed by atoms with Crippen molar-refractivity contribution in [1.29, 1.82) is 5.26 Å². The van der Waals surface area contributed by atoms with E-state index in [9.17, 15) is 19.6 Å². The van der Waals surface area contributed by atoms with Gasteiger partial charge in [0.15, 0.2) is 6.10 Å². The average molecular weight is 523 g/mol. The van der Waals surface area contributed by atoms with E-state index in [1.54, 1.807) is 39.0 Å². The highest BCUT2D eigenvalue weighted by molar-refractivity contribution is 5.99. The molecule has 10 heteroatoms. The number of rotatable bonds is 5. The number of hydrogen-bond donors (Lipinski definition) is 2. The first-order valence-corrected chi connectivity index (χ1v) is 12.5. The smallest absolute Gasteiger partial charge is 0.410 e. The lowest BCUT2D eigenvalue weighted by molar-refractivity contribution is -0.133. The van der Waals surface area contributed by atoms with E-state index in [1.165, 1.54) is 11.0 Å². The standard InChI is InChI=1S/C28H31FN4O5/c1-28(2,3)38-27(36)33-9-4-10-37-24(16-33)26(35)32-21(14-30)11-19-7-5-18(13-23(19)29)17-6-8-20-15-31-25(34)22(20)12-17/h5-8,12-13,21,24H,4,9-11,15-16H2,1-3H3,(H,31,34)(H,32,35)/t21-,24-/m0/s1. The van der Waals surface area contributed by atoms with Crippen LogP contribution in [0.2, 0.25) is 0 Å². The van der Waals surface area contributed by atoms with Gasteiger partial charge in [-0.1, -0.05) is 24.3 Å². The van der Waals surface area contributed by atoms with E-state index in [0.717, 1.165) is 5.56 Å². The van der Waals surface area contributed by atoms with E-state index >= 15 is 4.39 Å². The minimum absolute atomic E-state index is 0.0131. The fourth-order valence-electron chi connectivity index (χ4n) is 4.37. The van der Waals surface area contributed by atoms with Gasteiger partial charge in [-0.15, -0.1) is 0 Å². The van der Waals surface area contributed by atoms with Crippen LogP contribution in [0.3, 0.4) is 0 Å². The number of ether oxygens (including phenoxy) is 2. The summed E-state index contributed by atoms with van der Waals surface area (Å²) in [6, 6.07) is 11.1. The Morgan fingerprint density at radius 2 is 2.00 bits per heavy atom. The molecule has 3 amide bonds. The maximum atomic E-state index is 15.0. The van der Waals surface area contributed by atoms with Crippen LogP contribution in [0.4, 0.5) is 9.18 Å². The zero-order valence-electron chi connectivity index (χ0n) is 21.7. The molecule has 2 aromatic carbocycles. The molecule has 200 valence electrons. The Labute approximate surface area is 220 Å². The number of amides is 3. The van der Waals surface area contributed by atoms with Gasteiger partial charge < -0.3 is 25.0 Å². The summed E-state index contributed by atoms with van der Waals surface area (Å²) in [5.41, 5.74) is 2.36. The molecule has 1 fully saturated rings. The molecule has 2 heterocycles. The molecule has 0 bridgehead atoms. The molecule has 2 aliphatic heterocycles. The van der Waals surface area contributed by atoms with Crippen molar-refractivity contribution >= 4 is 17.9 Å². The topological polar surface area (TPSA) is 121 Å². The molecule has 0 saturated carbocycles. The number of hydrogen-bond acceptors (Lipinski definition) is 6. The fourth-order valence-corrected chi connectivity index (χ4v) is 4.37. The molecule has 0 aliphatic carbocycles. The zero-order chi connectivity index (χ0) is 27.4. The Bertz CT molecular complexity index is 1280. The Morgan fingerprint density at radius 1 is 1.26 bits per heavy atom. The summed E-state index contributed by atoms with van der Waals surface area (Å²) in [7, 11) is 0. The monoisotopic (exact) mass is 522 g/mol. The minimum atomic E-state index is -1.01. The summed E-state index contributed by atoms with van der Waals surface area (Å²) in [5.74, 6) is -1.23. The summed E-state index contributed by atoms with van der Waals surface area (Å²) in [6.07, 6.45) is -1.03. The molecular weight excluding hydrogens is 491 g/mol. The normalized spacial score (nSPS) is 18.0. The SMILES string of the molecule is CC(C)(C)OC(=O)N1CCCO[C@H](C(=O)N[C@H](C#N)Cc2ccc(-c3ccc4c(c3)C(=O)NC4)cc2F)C1. The van der Waals surface area contributed by atoms with Crippen LogP contribution >= 0.6 is 0 Å². The highest BCUT2D eigenvalue weighted by Crippen LogP contribution is 2.27. The average Bonchev–Trinajstić information content (AvgIpc) is 3.07. The van der Waals surface area contributed by atoms with Gasteiger partial charge in [-0.3, -0.25) is 9.59 Å². The Hall–Kier alpha value is -3.97. The van der Waals surface area contributed by atoms with Gasteiger partial charge in [0.25, 0.3) is 11.8 Å². The predicted octanol–water partition coefficient (Wildman–Crippen LogP) is 3.31. The summed E-state index contributed by atoms with van der Waals surface area (Å²) < 4.78 is 26.1. The number of fused-ring (bicyclic) bond motifs is 1. The first-order valence-electron chi connectivity index (χ1n) is 12.5. The van der Waals surface area contributed by atoms with Crippen LogP contribution in [0.25, 0.3) is 11.1 Å². The fraction of sp³-hybridized carbons (Fsp3) is 0.429. The molecule has 9 nitrogen and oxygen atoms in total. The summed E-state index contributed by atoms with van der Waals surface area (Å²) in [5, 5.41) is 15.0. The lowest BCUT2D eigenvalue weighted by Gasteiger charge is -2.27. The van der Waals surface area contributed by atoms with Crippen LogP contribution in [-0.2, 0) is 27.2 Å². The van der Waals surface area contributed by atoms with Gasteiger partial charge in [0.2, 0.25) is 0 Å². The van der Waals surface area contributed by atoms with Gasteiger partial charge >= 0.3 is 6.09 Å². The molecule has 1 saturated heterocycles. The number of carbonyl (C=O) groups is 3. The zero-order valence-corrected chi connectivity index (χ0v) is 21.7. The van der Waals surface area contributed by atoms with Crippen molar-refractivity contribution in [3.05, 3.63) is 58.9 Å². The Kier molecular flexibility index (Phi) is 7.97. The molecule has 0 spiro atoms. The van der Waals surface area contributed by atoms with Gasteiger partial charge in [0, 0.05) is 31.7 Å². The van der Waals surface area contributed by atoms with Crippen LogP contribution < -0.4 is 10.6 Å². The molecule has 4 rings (SSSR count). The second-order valence-corrected chi connectivity index (χ2v) is 10.4. The third-order valence-electron chi connectivity index (χ3n) is 6.30. The lowest BCUT2D eigenvalue weighted by atomic mass is 9.97. The van der Waals surface area contributed by atoms with Crippen molar-refractivity contribution < 1.29 is 28.2 Å². The van der Waals surface area contributed by atoms with Gasteiger partial charge in [-0.2, -0.15) is 5.26 Å². The maximum absolute atomic E-state index is 15.0. The van der Waals surface area contributed by atoms with Gasteiger partial charge in [0.1, 0.15) is 17.5 Å². The Balaban J connectivity index is 1.40. The third-order valence-corrected chi connectivity index (χ3v) is 6.30. The van der Waals surface area contributed by atoms with Gasteiger partial charge in [-0.05, 0) is 61.6 Å². The lowest BCUT2D eigenvalue weighted by Crippen LogP contribution is -2.48. The molecule has 2 N–H and O–H groups in total. The van der Waals surface area contributed by atoms with E-state index < -0.39 is 35.6 Å². The predicted molar refractivity (Wildman–Crippen MR) is 136 cm³/mol. The van der Waals surface area contributed by atoms with E-state index in [4.69, 9.17) is 9.47 Å². The first kappa shape index (κ1) is 27.1. The third kappa shape index (κ3) is 6.47. The molecule has 2 aromatic rings. The van der Waals surface area contributed by atoms with E-state index in [2.05, 4.69) is 10.6 Å². The van der Waals surface area contributed by atoms with E-state index in [-0.39, 0.29) is 31.0 Å². The minimum Gasteiger partial charge on any atom is -0.444 e. The van der Waals surface area contributed by atoms with Crippen molar-refractivity contribution in [3.8, 4) is 17.2 Å². The van der Waals surface area contributed by atoms with Gasteiger partial charge in [0.05, 0.1) is 12.6 Å². The van der Waals surface area contributed by atoms with Crippen LogP contribution in [0, 0.1) is 17.1 Å². The quantitative estimate of drug-likeness (QED) is 0.622. The van der Waals surface area contributed by atoms with E-state index in [0.29, 0.717) is 36.2 Å². The number of nitrogens with zero attached hydrogens (tertiary/aromatic N) is 2. The van der Waals surface area contributed by atoms with Crippen LogP contribution in [0.15, 0.2) is 36.4 Å². The number of nitriles is 1. The largest absolute Gasteiger partial charge is 0.444 e. The van der Waals surface area contributed by atoms with Gasteiger partial charge in [-0.25, -0.2) is 9.18 Å². The van der Waals surface area contributed by atoms with Crippen molar-refractivity contribution in [3.63, 3.8) is 0 Å². The summed E-state index contributed by atoms with van der Waals surface area (Å²) in [4.78, 5) is 38.8. The number of halogens is 1. The molecule has 0 radical (unpaired) electrons. The molecule has 0 unspecified atom stereocenters. The number of nitrogens with one attached hydrogen (secondary N) is 2. The number of carbonyl (C=O) groups excluding carboxylic acids is 3.